The predicted molar refractivity (Wildman–Crippen MR) is 86.3 cm³/mol. The molecule has 22 heavy (non-hydrogen) atoms. The molecule has 1 atom stereocenters. The molecule has 0 radical (unpaired) electrons. The maximum absolute atomic E-state index is 14.2. The lowest BCUT2D eigenvalue weighted by molar-refractivity contribution is 0.365. The van der Waals surface area contributed by atoms with Crippen LogP contribution < -0.4 is 0 Å². The second-order valence-corrected chi connectivity index (χ2v) is 8.11. The highest BCUT2D eigenvalue weighted by molar-refractivity contribution is 7.88. The average molecular weight is 359 g/mol. The Morgan fingerprint density at radius 3 is 2.73 bits per heavy atom. The Hall–Kier alpha value is -1.44. The number of thiophene rings is 1. The van der Waals surface area contributed by atoms with Gasteiger partial charge in [-0.3, -0.25) is 0 Å². The Morgan fingerprint density at radius 1 is 1.36 bits per heavy atom. The highest BCUT2D eigenvalue weighted by Crippen LogP contribution is 2.39. The molecule has 0 spiro atoms. The van der Waals surface area contributed by atoms with Crippen molar-refractivity contribution in [1.29, 1.82) is 0 Å². The van der Waals surface area contributed by atoms with Gasteiger partial charge in [-0.1, -0.05) is 23.7 Å². The number of rotatable bonds is 3. The average Bonchev–Trinajstić information content (AvgIpc) is 3.06. The summed E-state index contributed by atoms with van der Waals surface area (Å²) in [5, 5.41) is 6.27. The molecule has 0 fully saturated rings. The SMILES string of the molecule is CS(=O)(=O)N1N=C(c2cccs2)C[C@@H]1c1c(F)cccc1Cl. The minimum Gasteiger partial charge on any atom is -0.207 e. The smallest absolute Gasteiger partial charge is 0.207 e. The van der Waals surface area contributed by atoms with Crippen molar-refractivity contribution >= 4 is 38.7 Å². The van der Waals surface area contributed by atoms with Gasteiger partial charge in [0.05, 0.1) is 22.9 Å². The highest BCUT2D eigenvalue weighted by Gasteiger charge is 2.37. The Morgan fingerprint density at radius 2 is 2.14 bits per heavy atom. The maximum Gasteiger partial charge on any atom is 0.247 e. The van der Waals surface area contributed by atoms with E-state index in [0.717, 1.165) is 15.5 Å². The van der Waals surface area contributed by atoms with Crippen LogP contribution in [0.2, 0.25) is 5.02 Å². The van der Waals surface area contributed by atoms with Gasteiger partial charge in [-0.25, -0.2) is 12.8 Å². The zero-order valence-corrected chi connectivity index (χ0v) is 13.9. The molecular formula is C14H12ClFN2O2S2. The Balaban J connectivity index is 2.09. The van der Waals surface area contributed by atoms with Gasteiger partial charge in [-0.15, -0.1) is 11.3 Å². The molecule has 1 aromatic heterocycles. The van der Waals surface area contributed by atoms with Gasteiger partial charge in [0.2, 0.25) is 10.0 Å². The predicted octanol–water partition coefficient (Wildman–Crippen LogP) is 3.65. The van der Waals surface area contributed by atoms with Gasteiger partial charge in [0, 0.05) is 17.0 Å². The molecule has 0 saturated carbocycles. The second-order valence-electron chi connectivity index (χ2n) is 4.91. The summed E-state index contributed by atoms with van der Waals surface area (Å²) in [4.78, 5) is 0.864. The van der Waals surface area contributed by atoms with Crippen molar-refractivity contribution < 1.29 is 12.8 Å². The minimum absolute atomic E-state index is 0.157. The first-order chi connectivity index (χ1) is 10.4. The minimum atomic E-state index is -3.63. The number of hydrogen-bond acceptors (Lipinski definition) is 4. The molecular weight excluding hydrogens is 347 g/mol. The summed E-state index contributed by atoms with van der Waals surface area (Å²) in [6.07, 6.45) is 1.34. The molecule has 0 amide bonds. The first-order valence-electron chi connectivity index (χ1n) is 6.42. The van der Waals surface area contributed by atoms with Crippen LogP contribution in [0.25, 0.3) is 0 Å². The van der Waals surface area contributed by atoms with Crippen LogP contribution in [0.3, 0.4) is 0 Å². The number of nitrogens with zero attached hydrogens (tertiary/aromatic N) is 2. The molecule has 8 heteroatoms. The molecule has 2 heterocycles. The summed E-state index contributed by atoms with van der Waals surface area (Å²) in [6.45, 7) is 0. The van der Waals surface area contributed by atoms with Gasteiger partial charge in [-0.05, 0) is 23.6 Å². The van der Waals surface area contributed by atoms with E-state index in [1.165, 1.54) is 23.5 Å². The van der Waals surface area contributed by atoms with Crippen molar-refractivity contribution in [2.45, 2.75) is 12.5 Å². The Bertz CT molecular complexity index is 814. The Labute approximate surface area is 136 Å². The second kappa shape index (κ2) is 5.64. The Kier molecular flexibility index (Phi) is 3.96. The monoisotopic (exact) mass is 358 g/mol. The van der Waals surface area contributed by atoms with Gasteiger partial charge < -0.3 is 0 Å². The lowest BCUT2D eigenvalue weighted by Gasteiger charge is -2.22. The topological polar surface area (TPSA) is 49.7 Å². The molecule has 0 saturated heterocycles. The van der Waals surface area contributed by atoms with E-state index in [4.69, 9.17) is 11.6 Å². The largest absolute Gasteiger partial charge is 0.247 e. The summed E-state index contributed by atoms with van der Waals surface area (Å²) >= 11 is 7.55. The molecule has 1 aliphatic rings. The third-order valence-corrected chi connectivity index (χ3v) is 5.62. The van der Waals surface area contributed by atoms with E-state index in [-0.39, 0.29) is 17.0 Å². The van der Waals surface area contributed by atoms with Crippen LogP contribution in [0.15, 0.2) is 40.8 Å². The number of hydrogen-bond donors (Lipinski definition) is 0. The van der Waals surface area contributed by atoms with Crippen molar-refractivity contribution in [3.8, 4) is 0 Å². The molecule has 2 aromatic rings. The van der Waals surface area contributed by atoms with E-state index in [9.17, 15) is 12.8 Å². The molecule has 3 rings (SSSR count). The van der Waals surface area contributed by atoms with Crippen LogP contribution in [0.4, 0.5) is 4.39 Å². The van der Waals surface area contributed by atoms with E-state index in [1.54, 1.807) is 6.07 Å². The number of sulfonamides is 1. The molecule has 4 nitrogen and oxygen atoms in total. The van der Waals surface area contributed by atoms with Crippen molar-refractivity contribution in [2.24, 2.45) is 5.10 Å². The van der Waals surface area contributed by atoms with Gasteiger partial charge >= 0.3 is 0 Å². The van der Waals surface area contributed by atoms with Gasteiger partial charge in [0.25, 0.3) is 0 Å². The van der Waals surface area contributed by atoms with E-state index in [2.05, 4.69) is 5.10 Å². The summed E-state index contributed by atoms with van der Waals surface area (Å²) in [6, 6.07) is 7.25. The normalized spacial score (nSPS) is 18.6. The standard InChI is InChI=1S/C14H12ClFN2O2S2/c1-22(19,20)18-12(14-9(15)4-2-5-10(14)16)8-11(17-18)13-6-3-7-21-13/h2-7,12H,8H2,1H3/t12-/m1/s1. The lowest BCUT2D eigenvalue weighted by Crippen LogP contribution is -2.26. The fraction of sp³-hybridized carbons (Fsp3) is 0.214. The van der Waals surface area contributed by atoms with Crippen molar-refractivity contribution in [1.82, 2.24) is 4.41 Å². The zero-order valence-electron chi connectivity index (χ0n) is 11.5. The molecule has 1 aromatic carbocycles. The van der Waals surface area contributed by atoms with Crippen LogP contribution in [-0.4, -0.2) is 24.8 Å². The highest BCUT2D eigenvalue weighted by atomic mass is 35.5. The van der Waals surface area contributed by atoms with Crippen LogP contribution >= 0.6 is 22.9 Å². The van der Waals surface area contributed by atoms with E-state index in [0.29, 0.717) is 5.71 Å². The van der Waals surface area contributed by atoms with Crippen molar-refractivity contribution in [3.63, 3.8) is 0 Å². The van der Waals surface area contributed by atoms with E-state index < -0.39 is 21.9 Å². The van der Waals surface area contributed by atoms with Crippen LogP contribution in [-0.2, 0) is 10.0 Å². The zero-order chi connectivity index (χ0) is 15.9. The molecule has 0 N–H and O–H groups in total. The first-order valence-corrected chi connectivity index (χ1v) is 9.53. The molecule has 0 bridgehead atoms. The number of benzene rings is 1. The van der Waals surface area contributed by atoms with Gasteiger partial charge in [0.15, 0.2) is 0 Å². The summed E-state index contributed by atoms with van der Waals surface area (Å²) in [5.41, 5.74) is 0.773. The number of halogens is 2. The summed E-state index contributed by atoms with van der Waals surface area (Å²) < 4.78 is 39.2. The quantitative estimate of drug-likeness (QED) is 0.840. The summed E-state index contributed by atoms with van der Waals surface area (Å²) in [5.74, 6) is -0.534. The van der Waals surface area contributed by atoms with E-state index in [1.807, 2.05) is 17.5 Å². The number of hydrazone groups is 1. The van der Waals surface area contributed by atoms with Crippen molar-refractivity contribution in [2.75, 3.05) is 6.26 Å². The van der Waals surface area contributed by atoms with Gasteiger partial charge in [-0.2, -0.15) is 9.52 Å². The molecule has 116 valence electrons. The molecule has 0 unspecified atom stereocenters. The fourth-order valence-electron chi connectivity index (χ4n) is 2.43. The summed E-state index contributed by atoms with van der Waals surface area (Å²) in [7, 11) is -3.63. The third kappa shape index (κ3) is 2.76. The van der Waals surface area contributed by atoms with Crippen LogP contribution in [0, 0.1) is 5.82 Å². The maximum atomic E-state index is 14.2. The lowest BCUT2D eigenvalue weighted by atomic mass is 10.0. The van der Waals surface area contributed by atoms with Crippen LogP contribution in [0.5, 0.6) is 0 Å². The van der Waals surface area contributed by atoms with Crippen molar-refractivity contribution in [3.05, 3.63) is 57.0 Å². The van der Waals surface area contributed by atoms with Gasteiger partial charge in [0.1, 0.15) is 5.82 Å². The fourth-order valence-corrected chi connectivity index (χ4v) is 4.33. The molecule has 0 aliphatic carbocycles. The molecule has 1 aliphatic heterocycles. The first kappa shape index (κ1) is 15.5. The van der Waals surface area contributed by atoms with Crippen LogP contribution in [0.1, 0.15) is 22.9 Å². The van der Waals surface area contributed by atoms with E-state index >= 15 is 0 Å². The third-order valence-electron chi connectivity index (χ3n) is 3.35.